The van der Waals surface area contributed by atoms with E-state index in [9.17, 15) is 13.2 Å². The number of benzene rings is 2. The number of halogens is 1. The minimum Gasteiger partial charge on any atom is -0.492 e. The average Bonchev–Trinajstić information content (AvgIpc) is 2.69. The number of sulfonamides is 1. The number of amides is 1. The van der Waals surface area contributed by atoms with Crippen molar-refractivity contribution < 1.29 is 22.7 Å². The van der Waals surface area contributed by atoms with E-state index in [4.69, 9.17) is 21.1 Å². The van der Waals surface area contributed by atoms with Gasteiger partial charge in [-0.15, -0.1) is 0 Å². The minimum absolute atomic E-state index is 0.187. The number of hydrogen-bond donors (Lipinski definition) is 1. The van der Waals surface area contributed by atoms with Crippen molar-refractivity contribution in [2.45, 2.75) is 24.3 Å². The van der Waals surface area contributed by atoms with E-state index in [1.54, 1.807) is 36.4 Å². The second-order valence-electron chi connectivity index (χ2n) is 6.37. The van der Waals surface area contributed by atoms with Gasteiger partial charge >= 0.3 is 0 Å². The maximum Gasteiger partial charge on any atom is 0.261 e. The summed E-state index contributed by atoms with van der Waals surface area (Å²) in [5, 5.41) is 3.30. The molecule has 158 valence electrons. The highest BCUT2D eigenvalue weighted by Crippen LogP contribution is 2.19. The van der Waals surface area contributed by atoms with Gasteiger partial charge in [0.25, 0.3) is 5.91 Å². The number of hydrogen-bond acceptors (Lipinski definition) is 5. The van der Waals surface area contributed by atoms with Crippen LogP contribution in [0.4, 0.5) is 0 Å². The highest BCUT2D eigenvalue weighted by Gasteiger charge is 2.18. The van der Waals surface area contributed by atoms with Crippen molar-refractivity contribution in [2.24, 2.45) is 0 Å². The molecule has 0 saturated heterocycles. The molecule has 2 aromatic rings. The zero-order valence-corrected chi connectivity index (χ0v) is 18.2. The smallest absolute Gasteiger partial charge is 0.261 e. The number of carbonyl (C=O) groups excluding carboxylic acids is 1. The SMILES string of the molecule is CC[C@@H](Oc1cccc(Cl)c1)C(=O)NCCOc1ccc(S(=O)(=O)N(C)C)cc1. The lowest BCUT2D eigenvalue weighted by Gasteiger charge is -2.17. The Morgan fingerprint density at radius 2 is 1.83 bits per heavy atom. The summed E-state index contributed by atoms with van der Waals surface area (Å²) in [4.78, 5) is 12.5. The Hall–Kier alpha value is -2.29. The molecular formula is C20H25ClN2O5S. The molecule has 9 heteroatoms. The molecule has 0 saturated carbocycles. The topological polar surface area (TPSA) is 84.9 Å². The predicted molar refractivity (Wildman–Crippen MR) is 112 cm³/mol. The fourth-order valence-electron chi connectivity index (χ4n) is 2.40. The van der Waals surface area contributed by atoms with Gasteiger partial charge in [0, 0.05) is 19.1 Å². The maximum absolute atomic E-state index is 12.3. The first-order valence-corrected chi connectivity index (χ1v) is 10.9. The molecule has 0 heterocycles. The van der Waals surface area contributed by atoms with Crippen molar-refractivity contribution in [3.63, 3.8) is 0 Å². The van der Waals surface area contributed by atoms with E-state index in [0.29, 0.717) is 22.9 Å². The number of rotatable bonds is 10. The quantitative estimate of drug-likeness (QED) is 0.574. The Morgan fingerprint density at radius 3 is 2.41 bits per heavy atom. The zero-order chi connectivity index (χ0) is 21.4. The van der Waals surface area contributed by atoms with Crippen molar-refractivity contribution >= 4 is 27.5 Å². The summed E-state index contributed by atoms with van der Waals surface area (Å²) < 4.78 is 36.5. The summed E-state index contributed by atoms with van der Waals surface area (Å²) in [5.74, 6) is 0.797. The Bertz CT molecular complexity index is 917. The fraction of sp³-hybridized carbons (Fsp3) is 0.350. The molecule has 0 aliphatic carbocycles. The highest BCUT2D eigenvalue weighted by atomic mass is 35.5. The molecule has 0 aliphatic heterocycles. The molecule has 7 nitrogen and oxygen atoms in total. The monoisotopic (exact) mass is 440 g/mol. The van der Waals surface area contributed by atoms with E-state index in [0.717, 1.165) is 4.31 Å². The molecule has 0 bridgehead atoms. The number of carbonyl (C=O) groups is 1. The van der Waals surface area contributed by atoms with Crippen LogP contribution >= 0.6 is 11.6 Å². The molecule has 0 unspecified atom stereocenters. The molecule has 1 amide bonds. The molecule has 29 heavy (non-hydrogen) atoms. The van der Waals surface area contributed by atoms with Gasteiger partial charge in [-0.2, -0.15) is 0 Å². The van der Waals surface area contributed by atoms with Crippen LogP contribution in [0, 0.1) is 0 Å². The van der Waals surface area contributed by atoms with Gasteiger partial charge in [0.1, 0.15) is 18.1 Å². The lowest BCUT2D eigenvalue weighted by molar-refractivity contribution is -0.128. The Morgan fingerprint density at radius 1 is 1.14 bits per heavy atom. The average molecular weight is 441 g/mol. The Balaban J connectivity index is 1.81. The van der Waals surface area contributed by atoms with Gasteiger partial charge in [0.2, 0.25) is 10.0 Å². The van der Waals surface area contributed by atoms with E-state index in [2.05, 4.69) is 5.32 Å². The highest BCUT2D eigenvalue weighted by molar-refractivity contribution is 7.89. The van der Waals surface area contributed by atoms with E-state index >= 15 is 0 Å². The predicted octanol–water partition coefficient (Wildman–Crippen LogP) is 2.94. The van der Waals surface area contributed by atoms with Crippen molar-refractivity contribution in [2.75, 3.05) is 27.2 Å². The van der Waals surface area contributed by atoms with E-state index < -0.39 is 16.1 Å². The van der Waals surface area contributed by atoms with Crippen LogP contribution in [0.3, 0.4) is 0 Å². The summed E-state index contributed by atoms with van der Waals surface area (Å²) in [6.07, 6.45) is -0.134. The molecule has 2 rings (SSSR count). The maximum atomic E-state index is 12.3. The standard InChI is InChI=1S/C20H25ClN2O5S/c1-4-19(28-17-7-5-6-15(21)14-17)20(24)22-12-13-27-16-8-10-18(11-9-16)29(25,26)23(2)3/h5-11,14,19H,4,12-13H2,1-3H3,(H,22,24)/t19-/m1/s1. The van der Waals surface area contributed by atoms with E-state index in [1.807, 2.05) is 6.92 Å². The summed E-state index contributed by atoms with van der Waals surface area (Å²) in [6.45, 7) is 2.37. The molecule has 1 atom stereocenters. The summed E-state index contributed by atoms with van der Waals surface area (Å²) >= 11 is 5.93. The molecule has 0 fully saturated rings. The Kier molecular flexibility index (Phi) is 8.31. The van der Waals surface area contributed by atoms with Gasteiger partial charge in [-0.1, -0.05) is 24.6 Å². The molecule has 0 aromatic heterocycles. The first kappa shape index (κ1) is 23.0. The van der Waals surface area contributed by atoms with Crippen molar-refractivity contribution in [3.8, 4) is 11.5 Å². The van der Waals surface area contributed by atoms with Crippen LogP contribution in [-0.2, 0) is 14.8 Å². The van der Waals surface area contributed by atoms with Gasteiger partial charge in [0.15, 0.2) is 6.10 Å². The second kappa shape index (κ2) is 10.5. The molecular weight excluding hydrogens is 416 g/mol. The van der Waals surface area contributed by atoms with Crippen LogP contribution in [0.5, 0.6) is 11.5 Å². The van der Waals surface area contributed by atoms with Crippen LogP contribution in [-0.4, -0.2) is 52.0 Å². The first-order chi connectivity index (χ1) is 13.7. The van der Waals surface area contributed by atoms with Crippen LogP contribution in [0.15, 0.2) is 53.4 Å². The summed E-state index contributed by atoms with van der Waals surface area (Å²) in [6, 6.07) is 13.0. The fourth-order valence-corrected chi connectivity index (χ4v) is 3.48. The third kappa shape index (κ3) is 6.62. The van der Waals surface area contributed by atoms with Gasteiger partial charge < -0.3 is 14.8 Å². The largest absolute Gasteiger partial charge is 0.492 e. The Labute approximate surface area is 176 Å². The molecule has 0 radical (unpaired) electrons. The lowest BCUT2D eigenvalue weighted by atomic mass is 10.2. The van der Waals surface area contributed by atoms with Gasteiger partial charge in [0.05, 0.1) is 11.4 Å². The van der Waals surface area contributed by atoms with Crippen LogP contribution in [0.1, 0.15) is 13.3 Å². The van der Waals surface area contributed by atoms with Crippen LogP contribution in [0.25, 0.3) is 0 Å². The number of nitrogens with one attached hydrogen (secondary N) is 1. The van der Waals surface area contributed by atoms with E-state index in [-0.39, 0.29) is 24.0 Å². The molecule has 1 N–H and O–H groups in total. The van der Waals surface area contributed by atoms with Crippen LogP contribution < -0.4 is 14.8 Å². The molecule has 0 spiro atoms. The number of nitrogens with zero attached hydrogens (tertiary/aromatic N) is 1. The van der Waals surface area contributed by atoms with Gasteiger partial charge in [-0.3, -0.25) is 4.79 Å². The van der Waals surface area contributed by atoms with Crippen molar-refractivity contribution in [1.82, 2.24) is 9.62 Å². The van der Waals surface area contributed by atoms with Gasteiger partial charge in [-0.25, -0.2) is 12.7 Å². The van der Waals surface area contributed by atoms with Crippen molar-refractivity contribution in [1.29, 1.82) is 0 Å². The summed E-state index contributed by atoms with van der Waals surface area (Å²) in [5.41, 5.74) is 0. The lowest BCUT2D eigenvalue weighted by Crippen LogP contribution is -2.39. The molecule has 0 aliphatic rings. The zero-order valence-electron chi connectivity index (χ0n) is 16.6. The van der Waals surface area contributed by atoms with Crippen molar-refractivity contribution in [3.05, 3.63) is 53.6 Å². The first-order valence-electron chi connectivity index (χ1n) is 9.09. The molecule has 2 aromatic carbocycles. The van der Waals surface area contributed by atoms with E-state index in [1.165, 1.54) is 26.2 Å². The van der Waals surface area contributed by atoms with Gasteiger partial charge in [-0.05, 0) is 48.9 Å². The third-order valence-electron chi connectivity index (χ3n) is 4.01. The van der Waals surface area contributed by atoms with Crippen LogP contribution in [0.2, 0.25) is 5.02 Å². The third-order valence-corrected chi connectivity index (χ3v) is 6.07. The normalized spacial score (nSPS) is 12.4. The second-order valence-corrected chi connectivity index (χ2v) is 8.96. The summed E-state index contributed by atoms with van der Waals surface area (Å²) in [7, 11) is -0.524. The minimum atomic E-state index is -3.47. The number of ether oxygens (including phenoxy) is 2.